The molecular formula is C36H30Cu2N26. The Balaban J connectivity index is 0.000000374. The van der Waals surface area contributed by atoms with Crippen LogP contribution in [0.1, 0.15) is 0 Å². The van der Waals surface area contributed by atoms with Crippen molar-refractivity contribution in [2.75, 3.05) is 0 Å². The Kier molecular flexibility index (Phi) is 31.4. The molecule has 10 aromatic rings. The van der Waals surface area contributed by atoms with Crippen LogP contribution in [-0.2, 0) is 34.1 Å². The average Bonchev–Trinajstić information content (AvgIpc) is 4.24. The van der Waals surface area contributed by atoms with Gasteiger partial charge in [0.05, 0.1) is 12.4 Å². The van der Waals surface area contributed by atoms with E-state index in [9.17, 15) is 0 Å². The molecule has 0 aliphatic carbocycles. The van der Waals surface area contributed by atoms with Gasteiger partial charge in [-0.3, -0.25) is 50.7 Å². The van der Waals surface area contributed by atoms with Crippen LogP contribution in [0.15, 0.2) is 184 Å². The van der Waals surface area contributed by atoms with Crippen LogP contribution in [0.4, 0.5) is 11.9 Å². The van der Waals surface area contributed by atoms with Crippen molar-refractivity contribution in [3.05, 3.63) is 194 Å². The summed E-state index contributed by atoms with van der Waals surface area (Å²) in [4.78, 5) is 22.7. The molecule has 10 heterocycles. The third kappa shape index (κ3) is 25.3. The summed E-state index contributed by atoms with van der Waals surface area (Å²) in [7, 11) is 0. The van der Waals surface area contributed by atoms with Crippen molar-refractivity contribution in [1.82, 2.24) is 112 Å². The third-order valence-electron chi connectivity index (χ3n) is 5.60. The van der Waals surface area contributed by atoms with E-state index in [2.05, 4.69) is 113 Å². The Morgan fingerprint density at radius 1 is 0.359 bits per heavy atom. The molecule has 26 nitrogen and oxygen atoms in total. The van der Waals surface area contributed by atoms with E-state index >= 15 is 0 Å². The molecule has 0 atom stereocenters. The Hall–Kier alpha value is -9.20. The van der Waals surface area contributed by atoms with Crippen LogP contribution in [-0.4, -0.2) is 101 Å². The molecule has 0 N–H and O–H groups in total. The summed E-state index contributed by atoms with van der Waals surface area (Å²) in [5.74, 6) is 0.104. The molecular weight excluding hydrogens is 924 g/mol. The van der Waals surface area contributed by atoms with Crippen LogP contribution >= 0.6 is 0 Å². The SMILES string of the molecule is N#C[N-]c1nnnn1-c1nnn[n-]1.N#C[N-]c1nnnn1-c1nnn[n-]1.[Cu+2].[Cu+2].c1ccncc1.c1ccncc1.c1ccncc1.c1ccncc1.c1ccncc1.c1ccncc1. The topological polar surface area (TPSA) is 346 Å². The molecule has 64 heavy (non-hydrogen) atoms. The molecule has 0 fully saturated rings. The second-order valence-corrected chi connectivity index (χ2v) is 9.71. The van der Waals surface area contributed by atoms with Crippen molar-refractivity contribution in [2.45, 2.75) is 0 Å². The van der Waals surface area contributed by atoms with Crippen molar-refractivity contribution in [1.29, 1.82) is 10.5 Å². The molecule has 10 aromatic heterocycles. The van der Waals surface area contributed by atoms with Gasteiger partial charge in [0.15, 0.2) is 0 Å². The molecule has 0 aliphatic heterocycles. The Bertz CT molecular complexity index is 2010. The number of nitriles is 2. The van der Waals surface area contributed by atoms with E-state index in [0.29, 0.717) is 0 Å². The summed E-state index contributed by atoms with van der Waals surface area (Å²) in [6.07, 6.45) is 24.1. The summed E-state index contributed by atoms with van der Waals surface area (Å²) < 4.78 is 2.09. The number of hydrogen-bond donors (Lipinski definition) is 0. The van der Waals surface area contributed by atoms with Gasteiger partial charge in [0, 0.05) is 74.4 Å². The molecule has 0 saturated carbocycles. The first-order chi connectivity index (χ1) is 30.8. The van der Waals surface area contributed by atoms with Gasteiger partial charge < -0.3 is 10.5 Å². The first kappa shape index (κ1) is 52.8. The van der Waals surface area contributed by atoms with Gasteiger partial charge in [-0.1, -0.05) is 57.3 Å². The van der Waals surface area contributed by atoms with Gasteiger partial charge in [-0.2, -0.15) is 10.4 Å². The van der Waals surface area contributed by atoms with Gasteiger partial charge in [-0.05, 0) is 72.8 Å². The Labute approximate surface area is 385 Å². The molecule has 0 unspecified atom stereocenters. The van der Waals surface area contributed by atoms with Gasteiger partial charge in [-0.25, -0.2) is 29.8 Å². The van der Waals surface area contributed by atoms with Crippen molar-refractivity contribution >= 4 is 11.9 Å². The van der Waals surface area contributed by atoms with Crippen LogP contribution in [0.3, 0.4) is 0 Å². The van der Waals surface area contributed by atoms with E-state index in [-0.39, 0.29) is 57.9 Å². The van der Waals surface area contributed by atoms with Crippen molar-refractivity contribution < 1.29 is 34.1 Å². The van der Waals surface area contributed by atoms with Gasteiger partial charge in [0.1, 0.15) is 23.8 Å². The monoisotopic (exact) mass is 952 g/mol. The number of tetrazole rings is 4. The molecule has 10 rings (SSSR count). The summed E-state index contributed by atoms with van der Waals surface area (Å²) >= 11 is 0. The van der Waals surface area contributed by atoms with Gasteiger partial charge in [0.25, 0.3) is 0 Å². The van der Waals surface area contributed by atoms with Crippen LogP contribution in [0, 0.1) is 22.9 Å². The fourth-order valence-corrected chi connectivity index (χ4v) is 3.18. The molecule has 326 valence electrons. The molecule has 0 aliphatic rings. The van der Waals surface area contributed by atoms with E-state index in [1.165, 1.54) is 12.4 Å². The van der Waals surface area contributed by atoms with Crippen LogP contribution < -0.4 is 10.2 Å². The van der Waals surface area contributed by atoms with E-state index in [0.717, 1.165) is 9.36 Å². The van der Waals surface area contributed by atoms with Gasteiger partial charge in [-0.15, -0.1) is 10.4 Å². The van der Waals surface area contributed by atoms with Crippen LogP contribution in [0.5, 0.6) is 0 Å². The van der Waals surface area contributed by atoms with E-state index in [4.69, 9.17) is 10.5 Å². The van der Waals surface area contributed by atoms with E-state index in [1.807, 2.05) is 109 Å². The molecule has 2 radical (unpaired) electrons. The minimum absolute atomic E-state index is 0. The molecule has 0 bridgehead atoms. The summed E-state index contributed by atoms with van der Waals surface area (Å²) in [6, 6.07) is 34.3. The fraction of sp³-hybridized carbons (Fsp3) is 0. The maximum atomic E-state index is 8.26. The van der Waals surface area contributed by atoms with Gasteiger partial charge >= 0.3 is 34.1 Å². The molecule has 0 spiro atoms. The number of nitrogens with zero attached hydrogens (tertiary/aromatic N) is 26. The normalized spacial score (nSPS) is 8.34. The maximum absolute atomic E-state index is 8.26. The van der Waals surface area contributed by atoms with Crippen LogP contribution in [0.25, 0.3) is 22.5 Å². The molecule has 0 aromatic carbocycles. The van der Waals surface area contributed by atoms with Crippen LogP contribution in [0.2, 0.25) is 0 Å². The maximum Gasteiger partial charge on any atom is 2.00 e. The zero-order valence-electron chi connectivity index (χ0n) is 32.6. The molecule has 0 saturated heterocycles. The van der Waals surface area contributed by atoms with Crippen molar-refractivity contribution in [3.63, 3.8) is 0 Å². The number of hydrogen-bond acceptors (Lipinski definition) is 20. The summed E-state index contributed by atoms with van der Waals surface area (Å²) in [6.45, 7) is 0. The average molecular weight is 954 g/mol. The number of rotatable bonds is 4. The number of aromatic nitrogens is 22. The largest absolute Gasteiger partial charge is 2.00 e. The first-order valence-electron chi connectivity index (χ1n) is 17.1. The second-order valence-electron chi connectivity index (χ2n) is 9.71. The smallest absolute Gasteiger partial charge is 0.333 e. The predicted molar refractivity (Wildman–Crippen MR) is 214 cm³/mol. The van der Waals surface area contributed by atoms with E-state index in [1.54, 1.807) is 74.4 Å². The number of pyridine rings is 6. The minimum Gasteiger partial charge on any atom is -0.333 e. The predicted octanol–water partition coefficient (Wildman–Crippen LogP) is 3.07. The van der Waals surface area contributed by atoms with E-state index < -0.39 is 0 Å². The summed E-state index contributed by atoms with van der Waals surface area (Å²) in [5, 5.41) is 70.4. The first-order valence-corrected chi connectivity index (χ1v) is 17.1. The zero-order chi connectivity index (χ0) is 43.6. The van der Waals surface area contributed by atoms with Gasteiger partial charge in [0.2, 0.25) is 0 Å². The van der Waals surface area contributed by atoms with Crippen molar-refractivity contribution in [2.24, 2.45) is 0 Å². The standard InChI is InChI=1S/6C5H5N.2C3N10.2Cu/c6*1-2-4-6-5-3-1;2*4-1-5-2-6-11-12-13(2)3-7-9-10-8-3;;/h6*1-5H;;;;/q;;;;;;2*-2;2*+2. The quantitative estimate of drug-likeness (QED) is 0.181. The minimum atomic E-state index is -0.0164. The zero-order valence-corrected chi connectivity index (χ0v) is 34.4. The molecule has 0 amide bonds. The molecule has 28 heteroatoms. The van der Waals surface area contributed by atoms with Crippen molar-refractivity contribution in [3.8, 4) is 24.3 Å². The Morgan fingerprint density at radius 2 is 0.609 bits per heavy atom. The third-order valence-corrected chi connectivity index (χ3v) is 5.60. The summed E-state index contributed by atoms with van der Waals surface area (Å²) in [5.41, 5.74) is 0. The Morgan fingerprint density at radius 3 is 0.766 bits per heavy atom. The fourth-order valence-electron chi connectivity index (χ4n) is 3.18. The second kappa shape index (κ2) is 38.0.